The number of carbonyl (C=O) groups excluding carboxylic acids is 5. The van der Waals surface area contributed by atoms with Crippen LogP contribution in [0.25, 0.3) is 0 Å². The largest absolute Gasteiger partial charge is 0.484 e. The van der Waals surface area contributed by atoms with Crippen molar-refractivity contribution in [2.75, 3.05) is 32.8 Å². The van der Waals surface area contributed by atoms with E-state index in [0.717, 1.165) is 0 Å². The highest BCUT2D eigenvalue weighted by Crippen LogP contribution is 2.15. The summed E-state index contributed by atoms with van der Waals surface area (Å²) in [4.78, 5) is 70.7. The molecule has 1 aliphatic heterocycles. The van der Waals surface area contributed by atoms with Gasteiger partial charge in [0.2, 0.25) is 17.7 Å². The van der Waals surface area contributed by atoms with E-state index in [1.165, 1.54) is 6.92 Å². The average molecular weight is 639 g/mol. The van der Waals surface area contributed by atoms with Crippen molar-refractivity contribution in [3.05, 3.63) is 59.9 Å². The normalized spacial score (nSPS) is 20.7. The van der Waals surface area contributed by atoms with Crippen LogP contribution in [0.5, 0.6) is 5.75 Å². The Labute approximate surface area is 269 Å². The number of carbonyl (C=O) groups is 5. The topological polar surface area (TPSA) is 179 Å². The molecule has 0 radical (unpaired) electrons. The summed E-state index contributed by atoms with van der Waals surface area (Å²) in [6.45, 7) is 6.36. The number of nitrogens with one attached hydrogen (secondary N) is 4. The lowest BCUT2D eigenvalue weighted by molar-refractivity contribution is -0.134. The number of fused-ring (bicyclic) bond motifs is 2. The maximum atomic E-state index is 13.3. The van der Waals surface area contributed by atoms with Crippen molar-refractivity contribution in [2.24, 2.45) is 5.92 Å². The van der Waals surface area contributed by atoms with Gasteiger partial charge in [0.15, 0.2) is 6.61 Å². The summed E-state index contributed by atoms with van der Waals surface area (Å²) in [6, 6.07) is 9.72. The van der Waals surface area contributed by atoms with Crippen molar-refractivity contribution in [1.82, 2.24) is 31.2 Å². The van der Waals surface area contributed by atoms with Crippen LogP contribution in [-0.4, -0.2) is 95.5 Å². The number of hydrogen-bond donors (Lipinski definition) is 5. The number of aliphatic hydroxyl groups excluding tert-OH is 1. The minimum absolute atomic E-state index is 0.0424. The number of ether oxygens (including phenoxy) is 1. The third-order valence-corrected chi connectivity index (χ3v) is 7.31. The molecule has 1 aromatic carbocycles. The molecule has 0 fully saturated rings. The minimum Gasteiger partial charge on any atom is -0.484 e. The zero-order chi connectivity index (χ0) is 33.5. The van der Waals surface area contributed by atoms with Crippen molar-refractivity contribution >= 4 is 29.5 Å². The van der Waals surface area contributed by atoms with Gasteiger partial charge in [-0.3, -0.25) is 29.0 Å². The Morgan fingerprint density at radius 1 is 0.935 bits per heavy atom. The van der Waals surface area contributed by atoms with Crippen LogP contribution in [-0.2, 0) is 25.6 Å². The van der Waals surface area contributed by atoms with E-state index in [9.17, 15) is 29.1 Å². The summed E-state index contributed by atoms with van der Waals surface area (Å²) in [5.41, 5.74) is 0.929. The lowest BCUT2D eigenvalue weighted by Gasteiger charge is -2.26. The molecule has 13 nitrogen and oxygen atoms in total. The molecule has 2 bridgehead atoms. The third kappa shape index (κ3) is 12.1. The van der Waals surface area contributed by atoms with E-state index in [4.69, 9.17) is 4.74 Å². The highest BCUT2D eigenvalue weighted by atomic mass is 16.5. The number of rotatable bonds is 4. The number of hydrogen-bond acceptors (Lipinski definition) is 8. The predicted molar refractivity (Wildman–Crippen MR) is 171 cm³/mol. The van der Waals surface area contributed by atoms with E-state index >= 15 is 0 Å². The van der Waals surface area contributed by atoms with Crippen molar-refractivity contribution in [1.29, 1.82) is 0 Å². The van der Waals surface area contributed by atoms with Crippen LogP contribution in [0.4, 0.5) is 0 Å². The molecule has 0 aliphatic carbocycles. The van der Waals surface area contributed by atoms with Crippen LogP contribution >= 0.6 is 0 Å². The molecule has 0 saturated carbocycles. The quantitative estimate of drug-likeness (QED) is 0.329. The number of amides is 5. The second-order valence-corrected chi connectivity index (χ2v) is 11.8. The van der Waals surface area contributed by atoms with Crippen LogP contribution in [0.15, 0.2) is 48.7 Å². The van der Waals surface area contributed by atoms with Crippen LogP contribution in [0.3, 0.4) is 0 Å². The van der Waals surface area contributed by atoms with Crippen molar-refractivity contribution in [3.8, 4) is 5.75 Å². The Hall–Kier alpha value is -4.52. The molecule has 0 saturated heterocycles. The van der Waals surface area contributed by atoms with Gasteiger partial charge >= 0.3 is 0 Å². The maximum absolute atomic E-state index is 13.3. The monoisotopic (exact) mass is 638 g/mol. The van der Waals surface area contributed by atoms with Gasteiger partial charge < -0.3 is 36.0 Å². The lowest BCUT2D eigenvalue weighted by Crippen LogP contribution is -2.57. The van der Waals surface area contributed by atoms with E-state index in [-0.39, 0.29) is 37.3 Å². The zero-order valence-corrected chi connectivity index (χ0v) is 26.8. The first-order valence-corrected chi connectivity index (χ1v) is 15.8. The Morgan fingerprint density at radius 2 is 1.70 bits per heavy atom. The molecule has 1 aliphatic rings. The summed E-state index contributed by atoms with van der Waals surface area (Å²) in [5.74, 6) is -1.64. The summed E-state index contributed by atoms with van der Waals surface area (Å²) >= 11 is 0. The van der Waals surface area contributed by atoms with E-state index in [0.29, 0.717) is 62.3 Å². The first kappa shape index (κ1) is 36.0. The van der Waals surface area contributed by atoms with Gasteiger partial charge in [-0.25, -0.2) is 0 Å². The molecular weight excluding hydrogens is 592 g/mol. The van der Waals surface area contributed by atoms with Gasteiger partial charge in [-0.2, -0.15) is 0 Å². The molecule has 0 unspecified atom stereocenters. The Morgan fingerprint density at radius 3 is 2.41 bits per heavy atom. The summed E-state index contributed by atoms with van der Waals surface area (Å²) in [7, 11) is 0. The van der Waals surface area contributed by atoms with Crippen molar-refractivity contribution < 1.29 is 33.8 Å². The predicted octanol–water partition coefficient (Wildman–Crippen LogP) is 0.958. The van der Waals surface area contributed by atoms with Crippen LogP contribution in [0, 0.1) is 5.92 Å². The van der Waals surface area contributed by atoms with E-state index in [2.05, 4.69) is 26.3 Å². The highest BCUT2D eigenvalue weighted by molar-refractivity contribution is 5.93. The van der Waals surface area contributed by atoms with Gasteiger partial charge in [0, 0.05) is 32.4 Å². The van der Waals surface area contributed by atoms with Gasteiger partial charge in [0.05, 0.1) is 12.5 Å². The molecule has 0 spiro atoms. The standard InChI is InChI=1S/C33H46N6O7/c1-22(2)18-27-31(43)38-30(23(3)40)32(44)36-14-6-7-16-39(33(45)26-12-4-5-13-34-26)17-9-15-35-29(42)21-46-25-11-8-10-24(19-25)20-28(41)37-27/h4-5,8,10-13,19,22-23,27,30,40H,6-7,9,14-18,20-21H2,1-3H3,(H,35,42)(H,36,44)(H,37,41)(H,38,43)/t23-,27-,30+/m1/s1. The van der Waals surface area contributed by atoms with Crippen LogP contribution < -0.4 is 26.0 Å². The molecule has 13 heteroatoms. The minimum atomic E-state index is -1.23. The van der Waals surface area contributed by atoms with Gasteiger partial charge in [0.1, 0.15) is 23.5 Å². The lowest BCUT2D eigenvalue weighted by atomic mass is 10.0. The van der Waals surface area contributed by atoms with Crippen molar-refractivity contribution in [3.63, 3.8) is 0 Å². The highest BCUT2D eigenvalue weighted by Gasteiger charge is 2.30. The molecular formula is C33H46N6O7. The third-order valence-electron chi connectivity index (χ3n) is 7.31. The Balaban J connectivity index is 1.77. The zero-order valence-electron chi connectivity index (χ0n) is 26.8. The Kier molecular flexibility index (Phi) is 14.4. The second kappa shape index (κ2) is 18.4. The van der Waals surface area contributed by atoms with Gasteiger partial charge in [-0.05, 0) is 68.4 Å². The fraction of sp³-hybridized carbons (Fsp3) is 0.515. The smallest absolute Gasteiger partial charge is 0.272 e. The molecule has 2 heterocycles. The molecule has 1 aromatic heterocycles. The molecule has 46 heavy (non-hydrogen) atoms. The molecule has 5 N–H and O–H groups in total. The van der Waals surface area contributed by atoms with Crippen LogP contribution in [0.1, 0.15) is 62.5 Å². The molecule has 3 rings (SSSR count). The number of nitrogens with zero attached hydrogens (tertiary/aromatic N) is 2. The molecule has 2 aromatic rings. The summed E-state index contributed by atoms with van der Waals surface area (Å²) < 4.78 is 5.64. The number of pyridine rings is 1. The average Bonchev–Trinajstić information content (AvgIpc) is 3.02. The number of aliphatic hydroxyl groups is 1. The first-order chi connectivity index (χ1) is 22.0. The number of benzene rings is 1. The SMILES string of the molecule is CC(C)C[C@H]1NC(=O)Cc2cccc(c2)OCC(=O)NCCCN(C(=O)c2ccccn2)CCCCNC(=O)[C@H]([C@@H](C)O)NC1=O. The van der Waals surface area contributed by atoms with E-state index < -0.39 is 35.9 Å². The molecule has 250 valence electrons. The maximum Gasteiger partial charge on any atom is 0.272 e. The van der Waals surface area contributed by atoms with E-state index in [1.54, 1.807) is 53.6 Å². The van der Waals surface area contributed by atoms with E-state index in [1.807, 2.05) is 13.8 Å². The fourth-order valence-corrected chi connectivity index (χ4v) is 4.95. The van der Waals surface area contributed by atoms with Gasteiger partial charge in [-0.1, -0.05) is 32.0 Å². The summed E-state index contributed by atoms with van der Waals surface area (Å²) in [5, 5.41) is 21.3. The molecule has 3 atom stereocenters. The van der Waals surface area contributed by atoms with Crippen molar-refractivity contribution in [2.45, 2.75) is 71.1 Å². The fourth-order valence-electron chi connectivity index (χ4n) is 4.95. The first-order valence-electron chi connectivity index (χ1n) is 15.8. The molecule has 5 amide bonds. The number of aromatic nitrogens is 1. The Bertz CT molecular complexity index is 1320. The van der Waals surface area contributed by atoms with Gasteiger partial charge in [0.25, 0.3) is 11.8 Å². The van der Waals surface area contributed by atoms with Gasteiger partial charge in [-0.15, -0.1) is 0 Å². The second-order valence-electron chi connectivity index (χ2n) is 11.8. The van der Waals surface area contributed by atoms with Crippen LogP contribution in [0.2, 0.25) is 0 Å². The summed E-state index contributed by atoms with van der Waals surface area (Å²) in [6.07, 6.45) is 2.23.